The summed E-state index contributed by atoms with van der Waals surface area (Å²) in [7, 11) is 3.12. The predicted molar refractivity (Wildman–Crippen MR) is 94.6 cm³/mol. The second-order valence-corrected chi connectivity index (χ2v) is 5.86. The number of hydrogen-bond acceptors (Lipinski definition) is 5. The van der Waals surface area contributed by atoms with E-state index in [1.54, 1.807) is 26.1 Å². The van der Waals surface area contributed by atoms with E-state index in [4.69, 9.17) is 16.3 Å². The molecule has 0 unspecified atom stereocenters. The Bertz CT molecular complexity index is 958. The van der Waals surface area contributed by atoms with Crippen molar-refractivity contribution in [2.24, 2.45) is 0 Å². The topological polar surface area (TPSA) is 73.1 Å². The number of anilines is 1. The monoisotopic (exact) mass is 375 g/mol. The normalized spacial score (nSPS) is 10.7. The van der Waals surface area contributed by atoms with Crippen molar-refractivity contribution in [3.63, 3.8) is 0 Å². The molecular formula is C17H15ClFN5O2. The highest BCUT2D eigenvalue weighted by atomic mass is 35.5. The number of hydrogen-bond donors (Lipinski definition) is 0. The van der Waals surface area contributed by atoms with Gasteiger partial charge in [0.05, 0.1) is 35.4 Å². The third-order valence-corrected chi connectivity index (χ3v) is 4.16. The van der Waals surface area contributed by atoms with Crippen molar-refractivity contribution in [3.05, 3.63) is 58.8 Å². The number of ether oxygens (including phenoxy) is 1. The van der Waals surface area contributed by atoms with Crippen LogP contribution >= 0.6 is 11.6 Å². The molecule has 9 heteroatoms. The fraction of sp³-hybridized carbons (Fsp3) is 0.176. The zero-order chi connectivity index (χ0) is 18.8. The highest BCUT2D eigenvalue weighted by Gasteiger charge is 2.22. The Kier molecular flexibility index (Phi) is 4.85. The first-order chi connectivity index (χ1) is 12.4. The average Bonchev–Trinajstić information content (AvgIpc) is 3.04. The van der Waals surface area contributed by atoms with Gasteiger partial charge in [-0.25, -0.2) is 14.1 Å². The molecule has 0 radical (unpaired) electrons. The number of carbonyl (C=O) groups is 1. The summed E-state index contributed by atoms with van der Waals surface area (Å²) in [6.45, 7) is 1.70. The lowest BCUT2D eigenvalue weighted by Gasteiger charge is -2.16. The van der Waals surface area contributed by atoms with E-state index < -0.39 is 5.82 Å². The molecule has 0 atom stereocenters. The summed E-state index contributed by atoms with van der Waals surface area (Å²) in [6, 6.07) is 7.53. The third kappa shape index (κ3) is 3.23. The van der Waals surface area contributed by atoms with Crippen LogP contribution < -0.4 is 9.64 Å². The number of pyridine rings is 1. The fourth-order valence-corrected chi connectivity index (χ4v) is 2.53. The number of benzene rings is 1. The predicted octanol–water partition coefficient (Wildman–Crippen LogP) is 3.05. The lowest BCUT2D eigenvalue weighted by molar-refractivity contribution is 0.0987. The molecule has 0 bridgehead atoms. The molecule has 26 heavy (non-hydrogen) atoms. The Morgan fingerprint density at radius 3 is 2.69 bits per heavy atom. The van der Waals surface area contributed by atoms with Gasteiger partial charge in [-0.3, -0.25) is 4.79 Å². The van der Waals surface area contributed by atoms with E-state index in [9.17, 15) is 9.18 Å². The zero-order valence-electron chi connectivity index (χ0n) is 14.3. The van der Waals surface area contributed by atoms with Gasteiger partial charge in [-0.2, -0.15) is 0 Å². The molecule has 2 heterocycles. The van der Waals surface area contributed by atoms with Gasteiger partial charge < -0.3 is 9.64 Å². The van der Waals surface area contributed by atoms with Gasteiger partial charge >= 0.3 is 0 Å². The van der Waals surface area contributed by atoms with Crippen LogP contribution in [-0.2, 0) is 0 Å². The van der Waals surface area contributed by atoms with Crippen LogP contribution in [0.4, 0.5) is 10.1 Å². The summed E-state index contributed by atoms with van der Waals surface area (Å²) in [5.74, 6) is -0.435. The van der Waals surface area contributed by atoms with Crippen LogP contribution in [0.2, 0.25) is 5.02 Å². The highest BCUT2D eigenvalue weighted by Crippen LogP contribution is 2.22. The number of aromatic nitrogens is 4. The molecule has 0 aliphatic carbocycles. The van der Waals surface area contributed by atoms with Crippen molar-refractivity contribution in [2.75, 3.05) is 19.1 Å². The summed E-state index contributed by atoms with van der Waals surface area (Å²) in [5.41, 5.74) is 1.76. The highest BCUT2D eigenvalue weighted by molar-refractivity contribution is 6.30. The quantitative estimate of drug-likeness (QED) is 0.700. The average molecular weight is 376 g/mol. The maximum atomic E-state index is 13.3. The molecule has 0 fully saturated rings. The Morgan fingerprint density at radius 2 is 2.08 bits per heavy atom. The maximum Gasteiger partial charge on any atom is 0.280 e. The Morgan fingerprint density at radius 1 is 1.31 bits per heavy atom. The van der Waals surface area contributed by atoms with Gasteiger partial charge in [0.2, 0.25) is 5.88 Å². The van der Waals surface area contributed by atoms with Crippen LogP contribution in [0.15, 0.2) is 36.5 Å². The Balaban J connectivity index is 1.90. The van der Waals surface area contributed by atoms with Crippen molar-refractivity contribution in [3.8, 4) is 11.6 Å². The van der Waals surface area contributed by atoms with Crippen LogP contribution in [0.25, 0.3) is 5.69 Å². The molecule has 0 saturated carbocycles. The van der Waals surface area contributed by atoms with E-state index in [-0.39, 0.29) is 16.6 Å². The molecule has 3 rings (SSSR count). The smallest absolute Gasteiger partial charge is 0.280 e. The molecule has 7 nitrogen and oxygen atoms in total. The number of carbonyl (C=O) groups excluding carboxylic acids is 1. The van der Waals surface area contributed by atoms with Crippen LogP contribution in [0.5, 0.6) is 5.88 Å². The minimum atomic E-state index is -0.531. The van der Waals surface area contributed by atoms with Crippen LogP contribution in [0, 0.1) is 12.7 Å². The van der Waals surface area contributed by atoms with Gasteiger partial charge in [-0.1, -0.05) is 16.8 Å². The summed E-state index contributed by atoms with van der Waals surface area (Å²) >= 11 is 5.81. The lowest BCUT2D eigenvalue weighted by atomic mass is 10.2. The van der Waals surface area contributed by atoms with Crippen LogP contribution in [0.3, 0.4) is 0 Å². The summed E-state index contributed by atoms with van der Waals surface area (Å²) in [5, 5.41) is 7.91. The summed E-state index contributed by atoms with van der Waals surface area (Å²) < 4.78 is 19.8. The van der Waals surface area contributed by atoms with E-state index in [0.717, 1.165) is 0 Å². The molecule has 0 N–H and O–H groups in total. The second-order valence-electron chi connectivity index (χ2n) is 5.46. The second kappa shape index (κ2) is 7.09. The van der Waals surface area contributed by atoms with Gasteiger partial charge in [0.25, 0.3) is 5.91 Å². The van der Waals surface area contributed by atoms with Gasteiger partial charge in [-0.15, -0.1) is 5.10 Å². The standard InChI is InChI=1S/C17H15ClFN5O2/c1-10-16(17(25)23(2)12-5-7-15(26-3)20-9-12)21-22-24(10)11-4-6-14(19)13(18)8-11/h4-9H,1-3H3. The number of rotatable bonds is 4. The number of nitrogens with zero attached hydrogens (tertiary/aromatic N) is 5. The maximum absolute atomic E-state index is 13.3. The van der Waals surface area contributed by atoms with E-state index in [2.05, 4.69) is 15.3 Å². The first-order valence-corrected chi connectivity index (χ1v) is 7.96. The summed E-state index contributed by atoms with van der Waals surface area (Å²) in [6.07, 6.45) is 1.52. The molecule has 1 aromatic carbocycles. The molecule has 134 valence electrons. The van der Waals surface area contributed by atoms with Crippen LogP contribution in [0.1, 0.15) is 16.2 Å². The largest absolute Gasteiger partial charge is 0.481 e. The van der Waals surface area contributed by atoms with Crippen molar-refractivity contribution < 1.29 is 13.9 Å². The van der Waals surface area contributed by atoms with E-state index >= 15 is 0 Å². The minimum Gasteiger partial charge on any atom is -0.481 e. The molecule has 2 aromatic heterocycles. The number of amides is 1. The third-order valence-electron chi connectivity index (χ3n) is 3.87. The molecule has 0 aliphatic heterocycles. The lowest BCUT2D eigenvalue weighted by Crippen LogP contribution is -2.27. The van der Waals surface area contributed by atoms with E-state index in [0.29, 0.717) is 22.9 Å². The zero-order valence-corrected chi connectivity index (χ0v) is 15.0. The molecule has 1 amide bonds. The van der Waals surface area contributed by atoms with Crippen molar-refractivity contribution >= 4 is 23.2 Å². The molecule has 0 saturated heterocycles. The van der Waals surface area contributed by atoms with Crippen molar-refractivity contribution in [1.29, 1.82) is 0 Å². The number of methoxy groups -OCH3 is 1. The van der Waals surface area contributed by atoms with Crippen molar-refractivity contribution in [2.45, 2.75) is 6.92 Å². The molecule has 3 aromatic rings. The number of halogens is 2. The summed E-state index contributed by atoms with van der Waals surface area (Å²) in [4.78, 5) is 18.2. The Hall–Kier alpha value is -3.00. The van der Waals surface area contributed by atoms with Gasteiger partial charge in [0.15, 0.2) is 5.69 Å². The first kappa shape index (κ1) is 17.8. The SMILES string of the molecule is COc1ccc(N(C)C(=O)c2nnn(-c3ccc(F)c(Cl)c3)c2C)cn1. The van der Waals surface area contributed by atoms with Gasteiger partial charge in [0.1, 0.15) is 5.82 Å². The molecule has 0 spiro atoms. The van der Waals surface area contributed by atoms with E-state index in [1.807, 2.05) is 0 Å². The van der Waals surface area contributed by atoms with E-state index in [1.165, 1.54) is 41.1 Å². The minimum absolute atomic E-state index is 0.0355. The van der Waals surface area contributed by atoms with Gasteiger partial charge in [0, 0.05) is 13.1 Å². The first-order valence-electron chi connectivity index (χ1n) is 7.58. The van der Waals surface area contributed by atoms with Crippen molar-refractivity contribution in [1.82, 2.24) is 20.0 Å². The Labute approximate surface area is 154 Å². The van der Waals surface area contributed by atoms with Crippen LogP contribution in [-0.4, -0.2) is 40.0 Å². The van der Waals surface area contributed by atoms with Gasteiger partial charge in [-0.05, 0) is 31.2 Å². The molecular weight excluding hydrogens is 361 g/mol. The molecule has 0 aliphatic rings. The fourth-order valence-electron chi connectivity index (χ4n) is 2.36.